The molecule has 0 N–H and O–H groups in total. The van der Waals surface area contributed by atoms with E-state index in [-0.39, 0.29) is 5.91 Å². The molecule has 1 aromatic rings. The molecule has 1 amide bonds. The van der Waals surface area contributed by atoms with E-state index in [4.69, 9.17) is 0 Å². The normalized spacial score (nSPS) is 20.5. The van der Waals surface area contributed by atoms with Gasteiger partial charge in [-0.25, -0.2) is 4.68 Å². The van der Waals surface area contributed by atoms with Gasteiger partial charge in [-0.15, -0.1) is 5.10 Å². The van der Waals surface area contributed by atoms with E-state index < -0.39 is 0 Å². The summed E-state index contributed by atoms with van der Waals surface area (Å²) in [5.74, 6) is 0.665. The van der Waals surface area contributed by atoms with Crippen LogP contribution in [-0.4, -0.2) is 49.9 Å². The highest BCUT2D eigenvalue weighted by Gasteiger charge is 2.22. The SMILES string of the molecule is O=C(CSc1nnnn1C1CCCCC1)N1CCCC1. The molecule has 2 fully saturated rings. The molecule has 0 atom stereocenters. The summed E-state index contributed by atoms with van der Waals surface area (Å²) in [6.07, 6.45) is 8.39. The molecular formula is C13H21N5OS. The number of nitrogens with zero attached hydrogens (tertiary/aromatic N) is 5. The van der Waals surface area contributed by atoms with E-state index in [0.717, 1.165) is 43.9 Å². The molecule has 0 unspecified atom stereocenters. The van der Waals surface area contributed by atoms with Crippen LogP contribution in [0.5, 0.6) is 0 Å². The Balaban J connectivity index is 1.57. The van der Waals surface area contributed by atoms with E-state index in [9.17, 15) is 4.79 Å². The zero-order valence-corrected chi connectivity index (χ0v) is 12.5. The number of aromatic nitrogens is 4. The molecule has 7 heteroatoms. The summed E-state index contributed by atoms with van der Waals surface area (Å²) >= 11 is 1.48. The van der Waals surface area contributed by atoms with Gasteiger partial charge in [0.2, 0.25) is 11.1 Å². The van der Waals surface area contributed by atoms with Crippen LogP contribution in [0, 0.1) is 0 Å². The van der Waals surface area contributed by atoms with Crippen molar-refractivity contribution in [2.45, 2.75) is 56.1 Å². The third-order valence-electron chi connectivity index (χ3n) is 4.17. The number of thioether (sulfide) groups is 1. The Kier molecular flexibility index (Phi) is 4.54. The molecule has 2 aliphatic rings. The number of hydrogen-bond acceptors (Lipinski definition) is 5. The molecule has 20 heavy (non-hydrogen) atoms. The van der Waals surface area contributed by atoms with Crippen LogP contribution in [-0.2, 0) is 4.79 Å². The molecule has 6 nitrogen and oxygen atoms in total. The summed E-state index contributed by atoms with van der Waals surface area (Å²) in [7, 11) is 0. The Morgan fingerprint density at radius 1 is 1.15 bits per heavy atom. The summed E-state index contributed by atoms with van der Waals surface area (Å²) in [6.45, 7) is 1.82. The third kappa shape index (κ3) is 3.13. The van der Waals surface area contributed by atoms with Crippen LogP contribution in [0.1, 0.15) is 51.0 Å². The van der Waals surface area contributed by atoms with Crippen molar-refractivity contribution in [3.05, 3.63) is 0 Å². The summed E-state index contributed by atoms with van der Waals surface area (Å²) in [4.78, 5) is 14.0. The fourth-order valence-corrected chi connectivity index (χ4v) is 3.87. The number of likely N-dealkylation sites (tertiary alicyclic amines) is 1. The quantitative estimate of drug-likeness (QED) is 0.794. The number of hydrogen-bond donors (Lipinski definition) is 0. The molecule has 2 heterocycles. The Labute approximate surface area is 123 Å². The van der Waals surface area contributed by atoms with Crippen molar-refractivity contribution in [3.8, 4) is 0 Å². The summed E-state index contributed by atoms with van der Waals surface area (Å²) in [5.41, 5.74) is 0. The monoisotopic (exact) mass is 295 g/mol. The van der Waals surface area contributed by atoms with E-state index in [0.29, 0.717) is 11.8 Å². The summed E-state index contributed by atoms with van der Waals surface area (Å²) < 4.78 is 1.93. The second-order valence-corrected chi connectivity index (χ2v) is 6.52. The van der Waals surface area contributed by atoms with Crippen molar-refractivity contribution < 1.29 is 4.79 Å². The Morgan fingerprint density at radius 3 is 2.65 bits per heavy atom. The first-order chi connectivity index (χ1) is 9.84. The lowest BCUT2D eigenvalue weighted by Crippen LogP contribution is -2.29. The molecule has 1 aromatic heterocycles. The highest BCUT2D eigenvalue weighted by atomic mass is 32.2. The number of amides is 1. The second-order valence-electron chi connectivity index (χ2n) is 5.57. The fourth-order valence-electron chi connectivity index (χ4n) is 3.02. The van der Waals surface area contributed by atoms with Gasteiger partial charge < -0.3 is 4.90 Å². The maximum atomic E-state index is 12.1. The van der Waals surface area contributed by atoms with Crippen LogP contribution in [0.25, 0.3) is 0 Å². The largest absolute Gasteiger partial charge is 0.342 e. The molecule has 0 radical (unpaired) electrons. The van der Waals surface area contributed by atoms with Gasteiger partial charge in [-0.05, 0) is 36.1 Å². The van der Waals surface area contributed by atoms with Gasteiger partial charge in [0.1, 0.15) is 0 Å². The zero-order chi connectivity index (χ0) is 13.8. The third-order valence-corrected chi connectivity index (χ3v) is 5.08. The van der Waals surface area contributed by atoms with Gasteiger partial charge >= 0.3 is 0 Å². The van der Waals surface area contributed by atoms with Crippen molar-refractivity contribution >= 4 is 17.7 Å². The maximum Gasteiger partial charge on any atom is 0.233 e. The van der Waals surface area contributed by atoms with Crippen LogP contribution in [0.4, 0.5) is 0 Å². The lowest BCUT2D eigenvalue weighted by atomic mass is 9.96. The van der Waals surface area contributed by atoms with Crippen LogP contribution in [0.2, 0.25) is 0 Å². The first kappa shape index (κ1) is 13.9. The van der Waals surface area contributed by atoms with E-state index in [2.05, 4.69) is 15.5 Å². The summed E-state index contributed by atoms with van der Waals surface area (Å²) in [5, 5.41) is 12.8. The van der Waals surface area contributed by atoms with Crippen LogP contribution >= 0.6 is 11.8 Å². The maximum absolute atomic E-state index is 12.1. The predicted molar refractivity (Wildman–Crippen MR) is 76.5 cm³/mol. The van der Waals surface area contributed by atoms with Crippen LogP contribution in [0.15, 0.2) is 5.16 Å². The molecule has 1 saturated heterocycles. The smallest absolute Gasteiger partial charge is 0.233 e. The average Bonchev–Trinajstić information content (AvgIpc) is 3.17. The standard InChI is InChI=1S/C13H21N5OS/c19-12(17-8-4-5-9-17)10-20-13-14-15-16-18(13)11-6-2-1-3-7-11/h11H,1-10H2. The molecule has 1 aliphatic heterocycles. The molecule has 3 rings (SSSR count). The van der Waals surface area contributed by atoms with Crippen molar-refractivity contribution in [2.75, 3.05) is 18.8 Å². The Bertz CT molecular complexity index is 451. The lowest BCUT2D eigenvalue weighted by molar-refractivity contribution is -0.127. The molecule has 1 saturated carbocycles. The highest BCUT2D eigenvalue weighted by Crippen LogP contribution is 2.30. The van der Waals surface area contributed by atoms with Crippen molar-refractivity contribution in [1.29, 1.82) is 0 Å². The molecule has 0 bridgehead atoms. The van der Waals surface area contributed by atoms with Gasteiger partial charge in [-0.3, -0.25) is 4.79 Å². The van der Waals surface area contributed by atoms with Crippen molar-refractivity contribution in [3.63, 3.8) is 0 Å². The van der Waals surface area contributed by atoms with Gasteiger partial charge in [-0.2, -0.15) is 0 Å². The Hall–Kier alpha value is -1.11. The predicted octanol–water partition coefficient (Wildman–Crippen LogP) is 1.89. The number of carbonyl (C=O) groups excluding carboxylic acids is 1. The van der Waals surface area contributed by atoms with Gasteiger partial charge in [0.05, 0.1) is 11.8 Å². The fraction of sp³-hybridized carbons (Fsp3) is 0.846. The lowest BCUT2D eigenvalue weighted by Gasteiger charge is -2.22. The van der Waals surface area contributed by atoms with E-state index in [1.54, 1.807) is 0 Å². The van der Waals surface area contributed by atoms with Crippen molar-refractivity contribution in [1.82, 2.24) is 25.1 Å². The Morgan fingerprint density at radius 2 is 1.90 bits per heavy atom. The average molecular weight is 295 g/mol. The molecule has 1 aliphatic carbocycles. The molecular weight excluding hydrogens is 274 g/mol. The van der Waals surface area contributed by atoms with Crippen LogP contribution in [0.3, 0.4) is 0 Å². The van der Waals surface area contributed by atoms with Crippen LogP contribution < -0.4 is 0 Å². The minimum Gasteiger partial charge on any atom is -0.342 e. The highest BCUT2D eigenvalue weighted by molar-refractivity contribution is 7.99. The van der Waals surface area contributed by atoms with E-state index >= 15 is 0 Å². The molecule has 0 spiro atoms. The minimum absolute atomic E-state index is 0.214. The van der Waals surface area contributed by atoms with Gasteiger partial charge in [-0.1, -0.05) is 31.0 Å². The number of rotatable bonds is 4. The van der Waals surface area contributed by atoms with Gasteiger partial charge in [0.15, 0.2) is 0 Å². The topological polar surface area (TPSA) is 63.9 Å². The second kappa shape index (κ2) is 6.56. The van der Waals surface area contributed by atoms with Gasteiger partial charge in [0.25, 0.3) is 0 Å². The number of carbonyl (C=O) groups is 1. The molecule has 0 aromatic carbocycles. The minimum atomic E-state index is 0.214. The first-order valence-electron chi connectivity index (χ1n) is 7.53. The van der Waals surface area contributed by atoms with Gasteiger partial charge in [0, 0.05) is 13.1 Å². The summed E-state index contributed by atoms with van der Waals surface area (Å²) in [6, 6.07) is 0.420. The van der Waals surface area contributed by atoms with Crippen molar-refractivity contribution in [2.24, 2.45) is 0 Å². The zero-order valence-electron chi connectivity index (χ0n) is 11.7. The molecule has 110 valence electrons. The van der Waals surface area contributed by atoms with E-state index in [1.807, 2.05) is 9.58 Å². The first-order valence-corrected chi connectivity index (χ1v) is 8.51. The number of tetrazole rings is 1. The van der Waals surface area contributed by atoms with E-state index in [1.165, 1.54) is 31.0 Å².